The topological polar surface area (TPSA) is 142 Å². The van der Waals surface area contributed by atoms with Gasteiger partial charge in [0.25, 0.3) is 0 Å². The van der Waals surface area contributed by atoms with Gasteiger partial charge in [-0.25, -0.2) is 14.5 Å². The molecule has 2 heterocycles. The number of nitrogens with one attached hydrogen (secondary N) is 1. The van der Waals surface area contributed by atoms with Crippen LogP contribution in [0.2, 0.25) is 0 Å². The molecule has 3 rings (SSSR count). The Labute approximate surface area is 233 Å². The minimum Gasteiger partial charge on any atom is -0.493 e. The summed E-state index contributed by atoms with van der Waals surface area (Å²) in [5, 5.41) is 20.8. The molecule has 2 N–H and O–H groups in total. The van der Waals surface area contributed by atoms with Crippen LogP contribution in [-0.4, -0.2) is 70.3 Å². The number of aromatic nitrogens is 4. The molecule has 0 aliphatic rings. The van der Waals surface area contributed by atoms with E-state index in [0.29, 0.717) is 40.4 Å². The number of hydrogen-bond acceptors (Lipinski definition) is 9. The fourth-order valence-corrected chi connectivity index (χ4v) is 3.88. The standard InChI is InChI=1S/C26H36N6O6.ClH/c1-9-28-24-31(29-22-15(2)16(3)23(30-32(22)24)38-25(35)27-7)14-19(34)17-12-18(26(4,5)6)21(36-8)20(13-17)37-11-10-33;/h12-13,33H,9-11,14H2,1-8H3,(H,27,35);1H. The number of amides is 1. The lowest BCUT2D eigenvalue weighted by Crippen LogP contribution is -2.29. The molecule has 0 aliphatic heterocycles. The Morgan fingerprint density at radius 3 is 2.41 bits per heavy atom. The first-order valence-electron chi connectivity index (χ1n) is 12.3. The van der Waals surface area contributed by atoms with Crippen LogP contribution in [0.4, 0.5) is 4.79 Å². The second kappa shape index (κ2) is 12.9. The lowest BCUT2D eigenvalue weighted by molar-refractivity contribution is 0.0965. The summed E-state index contributed by atoms with van der Waals surface area (Å²) >= 11 is 0. The van der Waals surface area contributed by atoms with Crippen LogP contribution >= 0.6 is 12.4 Å². The largest absolute Gasteiger partial charge is 0.493 e. The third kappa shape index (κ3) is 6.69. The van der Waals surface area contributed by atoms with Crippen molar-refractivity contribution in [3.63, 3.8) is 0 Å². The van der Waals surface area contributed by atoms with Crippen molar-refractivity contribution < 1.29 is 28.9 Å². The molecule has 0 aliphatic carbocycles. The van der Waals surface area contributed by atoms with Crippen LogP contribution in [0.25, 0.3) is 5.65 Å². The highest BCUT2D eigenvalue weighted by Gasteiger charge is 2.26. The van der Waals surface area contributed by atoms with Gasteiger partial charge in [-0.2, -0.15) is 4.52 Å². The predicted molar refractivity (Wildman–Crippen MR) is 147 cm³/mol. The van der Waals surface area contributed by atoms with Crippen LogP contribution in [0.3, 0.4) is 0 Å². The highest BCUT2D eigenvalue weighted by molar-refractivity contribution is 5.97. The molecule has 0 bridgehead atoms. The molecule has 12 nitrogen and oxygen atoms in total. The molecule has 0 fully saturated rings. The number of carbonyl (C=O) groups excluding carboxylic acids is 2. The number of nitrogens with zero attached hydrogens (tertiary/aromatic N) is 5. The summed E-state index contributed by atoms with van der Waals surface area (Å²) in [6.07, 6.45) is -0.648. The number of aliphatic hydroxyl groups excluding tert-OH is 1. The van der Waals surface area contributed by atoms with E-state index < -0.39 is 6.09 Å². The van der Waals surface area contributed by atoms with Crippen LogP contribution in [0, 0.1) is 13.8 Å². The molecular weight excluding hydrogens is 528 g/mol. The molecule has 3 aromatic rings. The summed E-state index contributed by atoms with van der Waals surface area (Å²) < 4.78 is 19.6. The number of methoxy groups -OCH3 is 1. The quantitative estimate of drug-likeness (QED) is 0.378. The van der Waals surface area contributed by atoms with Gasteiger partial charge in [-0.3, -0.25) is 4.79 Å². The van der Waals surface area contributed by atoms with E-state index in [-0.39, 0.29) is 49.2 Å². The lowest BCUT2D eigenvalue weighted by atomic mass is 9.84. The first-order valence-corrected chi connectivity index (χ1v) is 12.3. The van der Waals surface area contributed by atoms with Gasteiger partial charge >= 0.3 is 6.09 Å². The average molecular weight is 565 g/mol. The second-order valence-electron chi connectivity index (χ2n) is 9.66. The summed E-state index contributed by atoms with van der Waals surface area (Å²) in [5.41, 5.74) is 3.05. The lowest BCUT2D eigenvalue weighted by Gasteiger charge is -2.25. The minimum absolute atomic E-state index is 0. The number of ether oxygens (including phenoxy) is 3. The van der Waals surface area contributed by atoms with Gasteiger partial charge in [-0.1, -0.05) is 20.8 Å². The Bertz CT molecular complexity index is 1420. The molecule has 0 atom stereocenters. The Morgan fingerprint density at radius 2 is 1.85 bits per heavy atom. The maximum atomic E-state index is 13.6. The summed E-state index contributed by atoms with van der Waals surface area (Å²) in [4.78, 5) is 29.9. The minimum atomic E-state index is -0.648. The highest BCUT2D eigenvalue weighted by atomic mass is 35.5. The Kier molecular flexibility index (Phi) is 10.5. The fraction of sp³-hybridized carbons (Fsp3) is 0.500. The molecule has 0 spiro atoms. The van der Waals surface area contributed by atoms with Crippen LogP contribution in [0.5, 0.6) is 17.4 Å². The van der Waals surface area contributed by atoms with Crippen LogP contribution < -0.4 is 25.1 Å². The van der Waals surface area contributed by atoms with E-state index in [1.807, 2.05) is 34.6 Å². The normalized spacial score (nSPS) is 11.8. The third-order valence-electron chi connectivity index (χ3n) is 5.97. The average Bonchev–Trinajstić information content (AvgIpc) is 3.21. The van der Waals surface area contributed by atoms with Crippen molar-refractivity contribution in [1.29, 1.82) is 0 Å². The molecule has 0 unspecified atom stereocenters. The fourth-order valence-electron chi connectivity index (χ4n) is 3.88. The smallest absolute Gasteiger partial charge is 0.413 e. The van der Waals surface area contributed by atoms with E-state index in [1.165, 1.54) is 16.2 Å². The number of rotatable bonds is 9. The van der Waals surface area contributed by atoms with Gasteiger partial charge in [0.05, 0.1) is 13.7 Å². The summed E-state index contributed by atoms with van der Waals surface area (Å²) in [6, 6.07) is 3.41. The Balaban J connectivity index is 0.00000533. The molecular formula is C26H37ClN6O6. The molecule has 0 radical (unpaired) electrons. The first kappa shape index (κ1) is 31.6. The molecule has 1 amide bonds. The van der Waals surface area contributed by atoms with Crippen LogP contribution in [0.1, 0.15) is 54.7 Å². The maximum absolute atomic E-state index is 13.6. The first-order chi connectivity index (χ1) is 18.0. The molecule has 214 valence electrons. The molecule has 0 saturated heterocycles. The van der Waals surface area contributed by atoms with Crippen molar-refractivity contribution in [3.05, 3.63) is 40.0 Å². The third-order valence-corrected chi connectivity index (χ3v) is 5.97. The second-order valence-corrected chi connectivity index (χ2v) is 9.66. The number of aryl methyl sites for hydroxylation is 1. The molecule has 0 saturated carbocycles. The van der Waals surface area contributed by atoms with Gasteiger partial charge in [-0.15, -0.1) is 22.6 Å². The van der Waals surface area contributed by atoms with E-state index in [9.17, 15) is 14.7 Å². The highest BCUT2D eigenvalue weighted by Crippen LogP contribution is 2.40. The van der Waals surface area contributed by atoms with E-state index >= 15 is 0 Å². The number of fused-ring (bicyclic) bond motifs is 1. The van der Waals surface area contributed by atoms with E-state index in [0.717, 1.165) is 11.1 Å². The molecule has 13 heteroatoms. The zero-order valence-electron chi connectivity index (χ0n) is 23.6. The van der Waals surface area contributed by atoms with Gasteiger partial charge in [0.15, 0.2) is 22.9 Å². The summed E-state index contributed by atoms with van der Waals surface area (Å²) in [7, 11) is 3.00. The number of Topliss-reactive ketones (excluding diaryl/α,β-unsaturated/α-hetero) is 1. The predicted octanol–water partition coefficient (Wildman–Crippen LogP) is 2.77. The number of carbonyl (C=O) groups is 2. The summed E-state index contributed by atoms with van der Waals surface area (Å²) in [5.74, 6) is 0.779. The zero-order chi connectivity index (χ0) is 28.2. The Hall–Kier alpha value is -3.64. The zero-order valence-corrected chi connectivity index (χ0v) is 24.4. The van der Waals surface area contributed by atoms with Crippen molar-refractivity contribution in [2.24, 2.45) is 4.99 Å². The summed E-state index contributed by atoms with van der Waals surface area (Å²) in [6.45, 7) is 11.7. The van der Waals surface area contributed by atoms with Crippen LogP contribution in [0.15, 0.2) is 17.1 Å². The van der Waals surface area contributed by atoms with E-state index in [1.54, 1.807) is 26.2 Å². The van der Waals surface area contributed by atoms with Gasteiger partial charge in [0.1, 0.15) is 13.2 Å². The molecule has 39 heavy (non-hydrogen) atoms. The SMILES string of the molecule is CCN=c1n(CC(=O)c2cc(OCCO)c(OC)c(C(C)(C)C)c2)nc2c(C)c(C)c(OC(=O)NC)nn12.Cl. The van der Waals surface area contributed by atoms with E-state index in [2.05, 4.69) is 20.5 Å². The number of aliphatic hydroxyl groups is 1. The van der Waals surface area contributed by atoms with Crippen molar-refractivity contribution in [3.8, 4) is 17.4 Å². The van der Waals surface area contributed by atoms with Crippen molar-refractivity contribution in [2.75, 3.05) is 33.9 Å². The van der Waals surface area contributed by atoms with Crippen LogP contribution in [-0.2, 0) is 12.0 Å². The number of benzene rings is 1. The van der Waals surface area contributed by atoms with Crippen molar-refractivity contribution in [1.82, 2.24) is 24.7 Å². The number of hydrogen-bond donors (Lipinski definition) is 2. The van der Waals surface area contributed by atoms with Gasteiger partial charge in [-0.05, 0) is 38.3 Å². The van der Waals surface area contributed by atoms with Crippen molar-refractivity contribution in [2.45, 2.75) is 53.5 Å². The number of halogens is 1. The Morgan fingerprint density at radius 1 is 1.15 bits per heavy atom. The van der Waals surface area contributed by atoms with Gasteiger partial charge < -0.3 is 24.6 Å². The van der Waals surface area contributed by atoms with Crippen molar-refractivity contribution >= 4 is 29.9 Å². The van der Waals surface area contributed by atoms with E-state index in [4.69, 9.17) is 14.2 Å². The van der Waals surface area contributed by atoms with Gasteiger partial charge in [0.2, 0.25) is 11.5 Å². The molecule has 1 aromatic carbocycles. The monoisotopic (exact) mass is 564 g/mol. The molecule has 2 aromatic heterocycles. The number of ketones is 1. The van der Waals surface area contributed by atoms with Gasteiger partial charge in [0, 0.05) is 35.8 Å². The maximum Gasteiger partial charge on any atom is 0.413 e.